The molecular weight excluding hydrogens is 320 g/mol. The SMILES string of the molecule is Cc1ccc2c(ncn2C2=NC(C)(C)C(F)(F)c3ccccc32)c1C. The maximum atomic E-state index is 14.9. The number of alkyl halides is 2. The third kappa shape index (κ3) is 2.08. The lowest BCUT2D eigenvalue weighted by Crippen LogP contribution is -2.45. The number of benzene rings is 2. The largest absolute Gasteiger partial charge is 0.298 e. The van der Waals surface area contributed by atoms with Crippen LogP contribution in [0.25, 0.3) is 11.0 Å². The van der Waals surface area contributed by atoms with E-state index in [0.717, 1.165) is 22.2 Å². The summed E-state index contributed by atoms with van der Waals surface area (Å²) in [4.78, 5) is 8.95. The average molecular weight is 339 g/mol. The van der Waals surface area contributed by atoms with E-state index in [1.807, 2.05) is 30.5 Å². The predicted octanol–water partition coefficient (Wildman–Crippen LogP) is 4.83. The van der Waals surface area contributed by atoms with Gasteiger partial charge in [-0.2, -0.15) is 8.78 Å². The summed E-state index contributed by atoms with van der Waals surface area (Å²) in [6.07, 6.45) is 1.67. The van der Waals surface area contributed by atoms with Crippen LogP contribution in [0.4, 0.5) is 8.78 Å². The molecule has 0 bridgehead atoms. The van der Waals surface area contributed by atoms with Crippen LogP contribution in [-0.2, 0) is 5.92 Å². The number of aryl methyl sites for hydroxylation is 2. The first-order valence-corrected chi connectivity index (χ1v) is 8.25. The highest BCUT2D eigenvalue weighted by atomic mass is 19.3. The van der Waals surface area contributed by atoms with Gasteiger partial charge in [-0.25, -0.2) is 4.98 Å². The number of halogens is 2. The average Bonchev–Trinajstić information content (AvgIpc) is 2.99. The molecule has 1 aromatic heterocycles. The van der Waals surface area contributed by atoms with Crippen molar-refractivity contribution < 1.29 is 8.78 Å². The molecule has 0 unspecified atom stereocenters. The Morgan fingerprint density at radius 2 is 1.72 bits per heavy atom. The molecule has 25 heavy (non-hydrogen) atoms. The van der Waals surface area contributed by atoms with E-state index in [4.69, 9.17) is 0 Å². The highest BCUT2D eigenvalue weighted by molar-refractivity contribution is 6.07. The molecule has 0 N–H and O–H groups in total. The van der Waals surface area contributed by atoms with E-state index in [0.29, 0.717) is 11.4 Å². The lowest BCUT2D eigenvalue weighted by Gasteiger charge is -2.37. The van der Waals surface area contributed by atoms with Crippen molar-refractivity contribution in [3.63, 3.8) is 0 Å². The van der Waals surface area contributed by atoms with Crippen molar-refractivity contribution in [1.29, 1.82) is 0 Å². The van der Waals surface area contributed by atoms with E-state index in [1.165, 1.54) is 19.9 Å². The number of rotatable bonds is 0. The van der Waals surface area contributed by atoms with E-state index < -0.39 is 11.5 Å². The number of hydrogen-bond donors (Lipinski definition) is 0. The summed E-state index contributed by atoms with van der Waals surface area (Å²) in [6.45, 7) is 6.99. The van der Waals surface area contributed by atoms with Gasteiger partial charge in [0.15, 0.2) is 0 Å². The van der Waals surface area contributed by atoms with Gasteiger partial charge in [0.1, 0.15) is 17.7 Å². The molecule has 3 nitrogen and oxygen atoms in total. The minimum Gasteiger partial charge on any atom is -0.283 e. The maximum Gasteiger partial charge on any atom is 0.298 e. The van der Waals surface area contributed by atoms with Crippen molar-refractivity contribution in [2.45, 2.75) is 39.2 Å². The molecule has 0 saturated carbocycles. The fourth-order valence-corrected chi connectivity index (χ4v) is 3.35. The molecule has 128 valence electrons. The van der Waals surface area contributed by atoms with Crippen LogP contribution in [0.3, 0.4) is 0 Å². The van der Waals surface area contributed by atoms with Crippen LogP contribution in [-0.4, -0.2) is 20.9 Å². The third-order valence-corrected chi connectivity index (χ3v) is 5.13. The summed E-state index contributed by atoms with van der Waals surface area (Å²) in [5.74, 6) is -2.52. The number of nitrogens with zero attached hydrogens (tertiary/aromatic N) is 3. The number of imidazole rings is 1. The van der Waals surface area contributed by atoms with Crippen molar-refractivity contribution >= 4 is 16.9 Å². The Bertz CT molecular complexity index is 1030. The van der Waals surface area contributed by atoms with Crippen LogP contribution in [0.1, 0.15) is 36.1 Å². The van der Waals surface area contributed by atoms with Crippen LogP contribution in [0.5, 0.6) is 0 Å². The second-order valence-electron chi connectivity index (χ2n) is 7.10. The first kappa shape index (κ1) is 15.9. The molecule has 4 rings (SSSR count). The molecule has 0 saturated heterocycles. The highest BCUT2D eigenvalue weighted by Gasteiger charge is 2.52. The Morgan fingerprint density at radius 1 is 1.00 bits per heavy atom. The molecule has 0 radical (unpaired) electrons. The van der Waals surface area contributed by atoms with Gasteiger partial charge in [-0.05, 0) is 44.9 Å². The van der Waals surface area contributed by atoms with Gasteiger partial charge in [0.2, 0.25) is 0 Å². The predicted molar refractivity (Wildman–Crippen MR) is 95.6 cm³/mol. The zero-order valence-corrected chi connectivity index (χ0v) is 14.6. The first-order chi connectivity index (χ1) is 11.7. The number of aliphatic imine (C=N–C) groups is 1. The van der Waals surface area contributed by atoms with Gasteiger partial charge in [-0.15, -0.1) is 0 Å². The summed E-state index contributed by atoms with van der Waals surface area (Å²) in [7, 11) is 0. The molecule has 0 amide bonds. The summed E-state index contributed by atoms with van der Waals surface area (Å²) < 4.78 is 31.6. The molecular formula is C20H19F2N3. The van der Waals surface area contributed by atoms with Crippen LogP contribution in [0.15, 0.2) is 47.7 Å². The Balaban J connectivity index is 2.03. The third-order valence-electron chi connectivity index (χ3n) is 5.13. The van der Waals surface area contributed by atoms with Crippen LogP contribution in [0.2, 0.25) is 0 Å². The van der Waals surface area contributed by atoms with E-state index in [9.17, 15) is 8.78 Å². The fourth-order valence-electron chi connectivity index (χ4n) is 3.35. The van der Waals surface area contributed by atoms with Crippen molar-refractivity contribution in [2.24, 2.45) is 4.99 Å². The van der Waals surface area contributed by atoms with Crippen LogP contribution in [0, 0.1) is 13.8 Å². The van der Waals surface area contributed by atoms with E-state index in [1.54, 1.807) is 24.5 Å². The van der Waals surface area contributed by atoms with E-state index >= 15 is 0 Å². The number of fused-ring (bicyclic) bond motifs is 2. The second kappa shape index (κ2) is 4.97. The maximum absolute atomic E-state index is 14.9. The van der Waals surface area contributed by atoms with Crippen molar-refractivity contribution in [2.75, 3.05) is 0 Å². The van der Waals surface area contributed by atoms with Gasteiger partial charge in [0.05, 0.1) is 11.0 Å². The summed E-state index contributed by atoms with van der Waals surface area (Å²) >= 11 is 0. The number of hydrogen-bond acceptors (Lipinski definition) is 2. The van der Waals surface area contributed by atoms with Gasteiger partial charge >= 0.3 is 0 Å². The minimum absolute atomic E-state index is 0.00989. The zero-order chi connectivity index (χ0) is 18.0. The lowest BCUT2D eigenvalue weighted by atomic mass is 9.84. The van der Waals surface area contributed by atoms with Crippen molar-refractivity contribution in [3.8, 4) is 0 Å². The van der Waals surface area contributed by atoms with Crippen molar-refractivity contribution in [3.05, 3.63) is 65.0 Å². The Labute approximate surface area is 145 Å². The topological polar surface area (TPSA) is 30.2 Å². The number of aromatic nitrogens is 2. The molecule has 0 aliphatic carbocycles. The normalized spacial score (nSPS) is 18.1. The van der Waals surface area contributed by atoms with Gasteiger partial charge < -0.3 is 0 Å². The van der Waals surface area contributed by atoms with E-state index in [-0.39, 0.29) is 5.56 Å². The van der Waals surface area contributed by atoms with Crippen LogP contribution < -0.4 is 0 Å². The molecule has 1 aliphatic rings. The smallest absolute Gasteiger partial charge is 0.283 e. The molecule has 5 heteroatoms. The van der Waals surface area contributed by atoms with Crippen LogP contribution >= 0.6 is 0 Å². The van der Waals surface area contributed by atoms with Gasteiger partial charge in [-0.1, -0.05) is 30.3 Å². The highest BCUT2D eigenvalue weighted by Crippen LogP contribution is 2.46. The molecule has 0 spiro atoms. The lowest BCUT2D eigenvalue weighted by molar-refractivity contribution is -0.0684. The fraction of sp³-hybridized carbons (Fsp3) is 0.300. The summed E-state index contributed by atoms with van der Waals surface area (Å²) in [6, 6.07) is 10.6. The van der Waals surface area contributed by atoms with Gasteiger partial charge in [0.25, 0.3) is 5.92 Å². The molecule has 2 aromatic carbocycles. The zero-order valence-electron chi connectivity index (χ0n) is 14.6. The standard InChI is InChI=1S/C20H19F2N3/c1-12-9-10-16-17(13(12)2)23-11-25(16)18-14-7-5-6-8-15(14)20(21,22)19(3,4)24-18/h5-11H,1-4H3. The molecule has 2 heterocycles. The Hall–Kier alpha value is -2.56. The molecule has 0 atom stereocenters. The Morgan fingerprint density at radius 3 is 2.48 bits per heavy atom. The summed E-state index contributed by atoms with van der Waals surface area (Å²) in [5, 5.41) is 0. The van der Waals surface area contributed by atoms with Crippen molar-refractivity contribution in [1.82, 2.24) is 9.55 Å². The van der Waals surface area contributed by atoms with E-state index in [2.05, 4.69) is 9.98 Å². The summed E-state index contributed by atoms with van der Waals surface area (Å²) in [5.41, 5.74) is 2.90. The monoisotopic (exact) mass is 339 g/mol. The quantitative estimate of drug-likeness (QED) is 0.577. The molecule has 1 aliphatic heterocycles. The second-order valence-corrected chi connectivity index (χ2v) is 7.10. The first-order valence-electron chi connectivity index (χ1n) is 8.25. The van der Waals surface area contributed by atoms with Gasteiger partial charge in [0, 0.05) is 11.1 Å². The van der Waals surface area contributed by atoms with Gasteiger partial charge in [-0.3, -0.25) is 9.56 Å². The molecule has 0 fully saturated rings. The minimum atomic E-state index is -3.03. The Kier molecular flexibility index (Phi) is 3.17. The molecule has 3 aromatic rings.